The third-order valence-electron chi connectivity index (χ3n) is 3.82. The van der Waals surface area contributed by atoms with Gasteiger partial charge in [-0.05, 0) is 29.9 Å². The Kier molecular flexibility index (Phi) is 6.04. The van der Waals surface area contributed by atoms with Crippen molar-refractivity contribution in [3.63, 3.8) is 0 Å². The van der Waals surface area contributed by atoms with E-state index >= 15 is 0 Å². The largest absolute Gasteiger partial charge is 0.449 e. The van der Waals surface area contributed by atoms with Crippen LogP contribution < -0.4 is 0 Å². The summed E-state index contributed by atoms with van der Waals surface area (Å²) in [6.07, 6.45) is -3.56. The monoisotopic (exact) mass is 394 g/mol. The molecule has 0 amide bonds. The molecule has 0 saturated carbocycles. The highest BCUT2D eigenvalue weighted by atomic mass is 32.2. The molecule has 136 valence electrons. The first kappa shape index (κ1) is 19.0. The summed E-state index contributed by atoms with van der Waals surface area (Å²) in [6, 6.07) is 16.7. The molecular weight excluding hydrogens is 377 g/mol. The molecule has 0 bridgehead atoms. The van der Waals surface area contributed by atoms with Crippen LogP contribution >= 0.6 is 24.4 Å². The number of rotatable bonds is 6. The molecule has 0 aliphatic rings. The number of thiol groups is 1. The standard InChI is InChI=1S/C20H17F3OS2/c21-20(22,23)17-10-5-4-9-15(17)19-16(14-7-2-1-3-8-14)13-18(24-19)26-12-6-11-25/h1-5,7-10,13,25H,6,11-12H2. The molecule has 0 fully saturated rings. The predicted molar refractivity (Wildman–Crippen MR) is 104 cm³/mol. The van der Waals surface area contributed by atoms with Crippen LogP contribution in [0.25, 0.3) is 22.5 Å². The van der Waals surface area contributed by atoms with Crippen molar-refractivity contribution < 1.29 is 17.6 Å². The molecule has 2 aromatic carbocycles. The number of thioether (sulfide) groups is 1. The molecule has 0 unspecified atom stereocenters. The molecule has 1 nitrogen and oxygen atoms in total. The Morgan fingerprint density at radius 3 is 2.31 bits per heavy atom. The fourth-order valence-electron chi connectivity index (χ4n) is 2.64. The second-order valence-electron chi connectivity index (χ2n) is 5.64. The SMILES string of the molecule is FC(F)(F)c1ccccc1-c1oc(SCCCS)cc1-c1ccccc1. The van der Waals surface area contributed by atoms with Gasteiger partial charge in [-0.1, -0.05) is 60.3 Å². The molecule has 0 spiro atoms. The molecule has 3 aromatic rings. The van der Waals surface area contributed by atoms with Gasteiger partial charge in [-0.15, -0.1) is 0 Å². The normalized spacial score (nSPS) is 11.7. The van der Waals surface area contributed by atoms with Crippen molar-refractivity contribution in [3.05, 3.63) is 66.2 Å². The number of hydrogen-bond donors (Lipinski definition) is 1. The maximum atomic E-state index is 13.5. The summed E-state index contributed by atoms with van der Waals surface area (Å²) < 4.78 is 46.3. The topological polar surface area (TPSA) is 13.1 Å². The van der Waals surface area contributed by atoms with E-state index in [1.54, 1.807) is 6.07 Å². The van der Waals surface area contributed by atoms with Crippen LogP contribution in [0.15, 0.2) is 70.2 Å². The average molecular weight is 394 g/mol. The number of alkyl halides is 3. The highest BCUT2D eigenvalue weighted by Crippen LogP contribution is 2.43. The first-order valence-electron chi connectivity index (χ1n) is 8.10. The fraction of sp³-hybridized carbons (Fsp3) is 0.200. The Labute approximate surface area is 160 Å². The zero-order valence-electron chi connectivity index (χ0n) is 13.8. The van der Waals surface area contributed by atoms with E-state index in [9.17, 15) is 13.2 Å². The van der Waals surface area contributed by atoms with Gasteiger partial charge in [-0.2, -0.15) is 25.8 Å². The highest BCUT2D eigenvalue weighted by molar-refractivity contribution is 7.99. The Balaban J connectivity index is 2.11. The van der Waals surface area contributed by atoms with Crippen molar-refractivity contribution in [1.29, 1.82) is 0 Å². The van der Waals surface area contributed by atoms with Crippen molar-refractivity contribution in [2.24, 2.45) is 0 Å². The van der Waals surface area contributed by atoms with Crippen molar-refractivity contribution in [3.8, 4) is 22.5 Å². The minimum Gasteiger partial charge on any atom is -0.449 e. The van der Waals surface area contributed by atoms with E-state index in [0.717, 1.165) is 29.6 Å². The molecule has 1 heterocycles. The summed E-state index contributed by atoms with van der Waals surface area (Å²) in [5.41, 5.74) is 0.846. The maximum Gasteiger partial charge on any atom is 0.417 e. The molecule has 3 rings (SSSR count). The third-order valence-corrected chi connectivity index (χ3v) is 5.11. The Morgan fingerprint density at radius 1 is 0.923 bits per heavy atom. The van der Waals surface area contributed by atoms with Gasteiger partial charge in [0, 0.05) is 16.9 Å². The fourth-order valence-corrected chi connectivity index (χ4v) is 3.84. The molecule has 26 heavy (non-hydrogen) atoms. The summed E-state index contributed by atoms with van der Waals surface area (Å²) in [6.45, 7) is 0. The number of furan rings is 1. The Hall–Kier alpha value is -1.79. The average Bonchev–Trinajstić information content (AvgIpc) is 3.06. The van der Waals surface area contributed by atoms with Crippen molar-refractivity contribution in [2.45, 2.75) is 17.7 Å². The minimum atomic E-state index is -4.45. The number of hydrogen-bond acceptors (Lipinski definition) is 3. The second kappa shape index (κ2) is 8.27. The van der Waals surface area contributed by atoms with Crippen molar-refractivity contribution in [2.75, 3.05) is 11.5 Å². The van der Waals surface area contributed by atoms with Crippen molar-refractivity contribution >= 4 is 24.4 Å². The lowest BCUT2D eigenvalue weighted by atomic mass is 9.98. The van der Waals surface area contributed by atoms with Gasteiger partial charge in [0.25, 0.3) is 0 Å². The van der Waals surface area contributed by atoms with E-state index in [1.807, 2.05) is 36.4 Å². The minimum absolute atomic E-state index is 0.0555. The maximum absolute atomic E-state index is 13.5. The van der Waals surface area contributed by atoms with Crippen LogP contribution in [0.1, 0.15) is 12.0 Å². The van der Waals surface area contributed by atoms with E-state index in [4.69, 9.17) is 4.42 Å². The number of halogens is 3. The zero-order chi connectivity index (χ0) is 18.6. The predicted octanol–water partition coefficient (Wildman–Crippen LogP) is 7.04. The van der Waals surface area contributed by atoms with Gasteiger partial charge in [-0.3, -0.25) is 0 Å². The van der Waals surface area contributed by atoms with Crippen molar-refractivity contribution in [1.82, 2.24) is 0 Å². The van der Waals surface area contributed by atoms with E-state index in [1.165, 1.54) is 23.9 Å². The molecule has 6 heteroatoms. The van der Waals surface area contributed by atoms with Crippen LogP contribution in [0, 0.1) is 0 Å². The lowest BCUT2D eigenvalue weighted by molar-refractivity contribution is -0.137. The van der Waals surface area contributed by atoms with Crippen LogP contribution in [0.2, 0.25) is 0 Å². The highest BCUT2D eigenvalue weighted by Gasteiger charge is 2.35. The summed E-state index contributed by atoms with van der Waals surface area (Å²) in [5, 5.41) is 0.609. The molecule has 1 aromatic heterocycles. The second-order valence-corrected chi connectivity index (χ2v) is 7.19. The van der Waals surface area contributed by atoms with Crippen LogP contribution in [-0.2, 0) is 6.18 Å². The lowest BCUT2D eigenvalue weighted by Crippen LogP contribution is -2.06. The summed E-state index contributed by atoms with van der Waals surface area (Å²) >= 11 is 5.67. The molecule has 0 radical (unpaired) electrons. The van der Waals surface area contributed by atoms with Gasteiger partial charge >= 0.3 is 6.18 Å². The number of benzene rings is 2. The van der Waals surface area contributed by atoms with Gasteiger partial charge in [0.05, 0.1) is 5.56 Å². The molecule has 0 aliphatic carbocycles. The summed E-state index contributed by atoms with van der Waals surface area (Å²) in [5.74, 6) is 1.80. The zero-order valence-corrected chi connectivity index (χ0v) is 15.5. The van der Waals surface area contributed by atoms with Gasteiger partial charge in [0.15, 0.2) is 5.09 Å². The van der Waals surface area contributed by atoms with E-state index in [2.05, 4.69) is 12.6 Å². The summed E-state index contributed by atoms with van der Waals surface area (Å²) in [4.78, 5) is 0. The van der Waals surface area contributed by atoms with E-state index < -0.39 is 11.7 Å². The van der Waals surface area contributed by atoms with E-state index in [0.29, 0.717) is 10.7 Å². The molecular formula is C20H17F3OS2. The summed E-state index contributed by atoms with van der Waals surface area (Å²) in [7, 11) is 0. The molecule has 0 saturated heterocycles. The lowest BCUT2D eigenvalue weighted by Gasteiger charge is -2.12. The first-order chi connectivity index (χ1) is 12.5. The third kappa shape index (κ3) is 4.30. The quantitative estimate of drug-likeness (QED) is 0.273. The van der Waals surface area contributed by atoms with Crippen LogP contribution in [0.3, 0.4) is 0 Å². The molecule has 0 atom stereocenters. The van der Waals surface area contributed by atoms with Gasteiger partial charge in [0.2, 0.25) is 0 Å². The Morgan fingerprint density at radius 2 is 1.62 bits per heavy atom. The first-order valence-corrected chi connectivity index (χ1v) is 9.72. The van der Waals surface area contributed by atoms with Crippen LogP contribution in [0.5, 0.6) is 0 Å². The van der Waals surface area contributed by atoms with Crippen LogP contribution in [0.4, 0.5) is 13.2 Å². The van der Waals surface area contributed by atoms with Gasteiger partial charge in [0.1, 0.15) is 5.76 Å². The van der Waals surface area contributed by atoms with Crippen LogP contribution in [-0.4, -0.2) is 11.5 Å². The van der Waals surface area contributed by atoms with Gasteiger partial charge < -0.3 is 4.42 Å². The molecule has 0 N–H and O–H groups in total. The Bertz CT molecular complexity index is 857. The van der Waals surface area contributed by atoms with Gasteiger partial charge in [-0.25, -0.2) is 0 Å². The molecule has 0 aliphatic heterocycles. The van der Waals surface area contributed by atoms with E-state index in [-0.39, 0.29) is 11.3 Å². The smallest absolute Gasteiger partial charge is 0.417 e.